The van der Waals surface area contributed by atoms with E-state index in [0.29, 0.717) is 18.8 Å². The second kappa shape index (κ2) is 5.96. The summed E-state index contributed by atoms with van der Waals surface area (Å²) in [5, 5.41) is 0.0508. The van der Waals surface area contributed by atoms with Crippen LogP contribution in [0.1, 0.15) is 11.8 Å². The molecule has 116 valence electrons. The molecule has 21 heavy (non-hydrogen) atoms. The number of fused-ring (bicyclic) bond motifs is 2. The van der Waals surface area contributed by atoms with E-state index in [1.807, 2.05) is 0 Å². The predicted molar refractivity (Wildman–Crippen MR) is 77.8 cm³/mol. The highest BCUT2D eigenvalue weighted by molar-refractivity contribution is 8.00. The molecule has 7 nitrogen and oxygen atoms in total. The molecular formula is C13H18N2O5S. The number of H-pyrrole nitrogens is 1. The van der Waals surface area contributed by atoms with Crippen LogP contribution in [-0.2, 0) is 14.2 Å². The van der Waals surface area contributed by atoms with Crippen LogP contribution in [0.4, 0.5) is 0 Å². The molecule has 2 aliphatic rings. The smallest absolute Gasteiger partial charge is 0.330 e. The maximum atomic E-state index is 12.0. The lowest BCUT2D eigenvalue weighted by atomic mass is 10.2. The number of nitrogens with zero attached hydrogens (tertiary/aromatic N) is 1. The van der Waals surface area contributed by atoms with Crippen molar-refractivity contribution >= 4 is 11.8 Å². The van der Waals surface area contributed by atoms with Crippen molar-refractivity contribution in [2.75, 3.05) is 26.1 Å². The number of thioether (sulfide) groups is 1. The summed E-state index contributed by atoms with van der Waals surface area (Å²) in [5.74, 6) is 0.857. The van der Waals surface area contributed by atoms with Gasteiger partial charge in [0.2, 0.25) is 0 Å². The Labute approximate surface area is 125 Å². The maximum Gasteiger partial charge on any atom is 0.330 e. The van der Waals surface area contributed by atoms with Crippen LogP contribution in [0.15, 0.2) is 15.8 Å². The van der Waals surface area contributed by atoms with Gasteiger partial charge in [0.15, 0.2) is 6.23 Å². The minimum Gasteiger partial charge on any atom is -0.382 e. The molecule has 1 aromatic rings. The van der Waals surface area contributed by atoms with Crippen LogP contribution in [0, 0.1) is 6.92 Å². The zero-order valence-electron chi connectivity index (χ0n) is 11.9. The largest absolute Gasteiger partial charge is 0.382 e. The van der Waals surface area contributed by atoms with Gasteiger partial charge in [-0.25, -0.2) is 4.79 Å². The number of nitrogens with one attached hydrogen (secondary N) is 1. The molecule has 0 spiro atoms. The van der Waals surface area contributed by atoms with Crippen LogP contribution in [0.25, 0.3) is 0 Å². The zero-order valence-corrected chi connectivity index (χ0v) is 12.7. The fraction of sp³-hybridized carbons (Fsp3) is 0.692. The van der Waals surface area contributed by atoms with Gasteiger partial charge >= 0.3 is 5.69 Å². The first-order valence-corrected chi connectivity index (χ1v) is 7.86. The van der Waals surface area contributed by atoms with Gasteiger partial charge in [0, 0.05) is 24.6 Å². The van der Waals surface area contributed by atoms with Crippen molar-refractivity contribution in [3.63, 3.8) is 0 Å². The summed E-state index contributed by atoms with van der Waals surface area (Å²) in [6.45, 7) is 2.70. The Morgan fingerprint density at radius 1 is 1.48 bits per heavy atom. The summed E-state index contributed by atoms with van der Waals surface area (Å²) < 4.78 is 18.2. The number of hydrogen-bond donors (Lipinski definition) is 1. The third kappa shape index (κ3) is 2.68. The van der Waals surface area contributed by atoms with Gasteiger partial charge in [0.1, 0.15) is 6.10 Å². The first kappa shape index (κ1) is 14.8. The summed E-state index contributed by atoms with van der Waals surface area (Å²) in [6.07, 6.45) is 1.08. The van der Waals surface area contributed by atoms with Crippen molar-refractivity contribution in [1.82, 2.24) is 9.55 Å². The standard InChI is InChI=1S/C13H18N2O5S/c1-7-5-15(13(17)14-11(7)16)12-10-9(19-4-3-18-2)8(20-12)6-21-10/h5,8-10,12H,3-4,6H2,1-2H3,(H,14,16,17)/t8-,9+,10+,12-/m0/s1. The van der Waals surface area contributed by atoms with Crippen LogP contribution in [0.5, 0.6) is 0 Å². The van der Waals surface area contributed by atoms with Crippen LogP contribution in [-0.4, -0.2) is 53.1 Å². The van der Waals surface area contributed by atoms with Crippen molar-refractivity contribution in [3.8, 4) is 0 Å². The molecule has 4 atom stereocenters. The van der Waals surface area contributed by atoms with Crippen LogP contribution in [0.3, 0.4) is 0 Å². The highest BCUT2D eigenvalue weighted by Crippen LogP contribution is 2.46. The van der Waals surface area contributed by atoms with E-state index < -0.39 is 11.9 Å². The zero-order chi connectivity index (χ0) is 15.0. The third-order valence-corrected chi connectivity index (χ3v) is 5.16. The van der Waals surface area contributed by atoms with Gasteiger partial charge < -0.3 is 14.2 Å². The molecule has 0 radical (unpaired) electrons. The Hall–Kier alpha value is -1.09. The van der Waals surface area contributed by atoms with E-state index in [4.69, 9.17) is 14.2 Å². The van der Waals surface area contributed by atoms with E-state index in [1.54, 1.807) is 32.0 Å². The van der Waals surface area contributed by atoms with Gasteiger partial charge in [0.05, 0.1) is 24.6 Å². The van der Waals surface area contributed by atoms with Gasteiger partial charge in [-0.15, -0.1) is 11.8 Å². The summed E-state index contributed by atoms with van der Waals surface area (Å²) in [4.78, 5) is 25.7. The number of hydrogen-bond acceptors (Lipinski definition) is 6. The Morgan fingerprint density at radius 3 is 3.05 bits per heavy atom. The predicted octanol–water partition coefficient (Wildman–Crippen LogP) is -0.111. The van der Waals surface area contributed by atoms with Crippen molar-refractivity contribution in [3.05, 3.63) is 32.6 Å². The third-order valence-electron chi connectivity index (χ3n) is 3.76. The van der Waals surface area contributed by atoms with Gasteiger partial charge in [-0.05, 0) is 6.92 Å². The van der Waals surface area contributed by atoms with Gasteiger partial charge in [-0.1, -0.05) is 0 Å². The van der Waals surface area contributed by atoms with Crippen LogP contribution in [0.2, 0.25) is 0 Å². The van der Waals surface area contributed by atoms with E-state index in [1.165, 1.54) is 4.57 Å². The number of rotatable bonds is 5. The molecule has 2 fully saturated rings. The quantitative estimate of drug-likeness (QED) is 0.764. The first-order chi connectivity index (χ1) is 10.1. The van der Waals surface area contributed by atoms with Crippen molar-refractivity contribution in [1.29, 1.82) is 0 Å². The van der Waals surface area contributed by atoms with Crippen molar-refractivity contribution in [2.45, 2.75) is 30.6 Å². The van der Waals surface area contributed by atoms with Crippen LogP contribution < -0.4 is 11.2 Å². The molecule has 0 aromatic carbocycles. The highest BCUT2D eigenvalue weighted by Gasteiger charge is 2.52. The molecule has 0 aliphatic carbocycles. The highest BCUT2D eigenvalue weighted by atomic mass is 32.2. The summed E-state index contributed by atoms with van der Waals surface area (Å²) >= 11 is 1.74. The van der Waals surface area contributed by atoms with E-state index in [9.17, 15) is 9.59 Å². The molecule has 2 saturated heterocycles. The molecule has 0 saturated carbocycles. The van der Waals surface area contributed by atoms with E-state index in [0.717, 1.165) is 5.75 Å². The average Bonchev–Trinajstić information content (AvgIpc) is 3.00. The lowest BCUT2D eigenvalue weighted by Crippen LogP contribution is -2.37. The van der Waals surface area contributed by atoms with Crippen molar-refractivity contribution < 1.29 is 14.2 Å². The first-order valence-electron chi connectivity index (χ1n) is 6.81. The van der Waals surface area contributed by atoms with Crippen LogP contribution >= 0.6 is 11.8 Å². The monoisotopic (exact) mass is 314 g/mol. The molecule has 3 rings (SSSR count). The molecule has 2 aliphatic heterocycles. The van der Waals surface area contributed by atoms with Gasteiger partial charge in [0.25, 0.3) is 5.56 Å². The second-order valence-corrected chi connectivity index (χ2v) is 6.38. The molecule has 1 N–H and O–H groups in total. The summed E-state index contributed by atoms with van der Waals surface area (Å²) in [7, 11) is 1.63. The number of aromatic amines is 1. The molecule has 0 amide bonds. The SMILES string of the molecule is COCCO[C@H]1[C@H]2SC[C@@H]1O[C@@H]2n1cc(C)c(=O)[nH]c1=O. The minimum absolute atomic E-state index is 0.0269. The fourth-order valence-electron chi connectivity index (χ4n) is 2.69. The van der Waals surface area contributed by atoms with Gasteiger partial charge in [-0.3, -0.25) is 14.3 Å². The van der Waals surface area contributed by atoms with E-state index >= 15 is 0 Å². The molecular weight excluding hydrogens is 296 g/mol. The molecule has 8 heteroatoms. The average molecular weight is 314 g/mol. The normalized spacial score (nSPS) is 31.0. The summed E-state index contributed by atoms with van der Waals surface area (Å²) in [6, 6.07) is 0. The van der Waals surface area contributed by atoms with Gasteiger partial charge in [-0.2, -0.15) is 0 Å². The number of ether oxygens (including phenoxy) is 3. The second-order valence-electron chi connectivity index (χ2n) is 5.17. The number of aromatic nitrogens is 2. The minimum atomic E-state index is -0.445. The lowest BCUT2D eigenvalue weighted by molar-refractivity contribution is -0.0357. The molecule has 1 aromatic heterocycles. The number of aryl methyl sites for hydroxylation is 1. The van der Waals surface area contributed by atoms with Crippen molar-refractivity contribution in [2.24, 2.45) is 0 Å². The van der Waals surface area contributed by atoms with E-state index in [2.05, 4.69) is 4.98 Å². The Kier molecular flexibility index (Phi) is 4.21. The Morgan fingerprint density at radius 2 is 2.29 bits per heavy atom. The molecule has 3 heterocycles. The number of methoxy groups -OCH3 is 1. The lowest BCUT2D eigenvalue weighted by Gasteiger charge is -2.23. The van der Waals surface area contributed by atoms with E-state index in [-0.39, 0.29) is 23.0 Å². The topological polar surface area (TPSA) is 82.6 Å². The Bertz CT molecular complexity index is 628. The molecule has 0 unspecified atom stereocenters. The fourth-order valence-corrected chi connectivity index (χ4v) is 4.18. The molecule has 2 bridgehead atoms. The Balaban J connectivity index is 1.81. The maximum absolute atomic E-state index is 12.0. The summed E-state index contributed by atoms with van der Waals surface area (Å²) in [5.41, 5.74) is -0.317.